The predicted molar refractivity (Wildman–Crippen MR) is 117 cm³/mol. The summed E-state index contributed by atoms with van der Waals surface area (Å²) >= 11 is 12.3. The molecule has 5 rings (SSSR count). The monoisotopic (exact) mass is 510 g/mol. The zero-order valence-electron chi connectivity index (χ0n) is 17.2. The van der Waals surface area contributed by atoms with Crippen molar-refractivity contribution in [1.82, 2.24) is 24.4 Å². The molecule has 1 amide bonds. The van der Waals surface area contributed by atoms with Gasteiger partial charge in [-0.3, -0.25) is 9.78 Å². The molecular formula is C21H15Cl2F3N6O2. The highest BCUT2D eigenvalue weighted by Gasteiger charge is 2.41. The van der Waals surface area contributed by atoms with Gasteiger partial charge in [-0.15, -0.1) is 0 Å². The number of pyridine rings is 2. The van der Waals surface area contributed by atoms with E-state index < -0.39 is 23.3 Å². The minimum atomic E-state index is -4.89. The zero-order valence-corrected chi connectivity index (χ0v) is 18.7. The second-order valence-electron chi connectivity index (χ2n) is 7.53. The lowest BCUT2D eigenvalue weighted by atomic mass is 10.1. The van der Waals surface area contributed by atoms with E-state index >= 15 is 0 Å². The first-order chi connectivity index (χ1) is 16.2. The first kappa shape index (κ1) is 22.6. The van der Waals surface area contributed by atoms with Crippen molar-refractivity contribution in [2.24, 2.45) is 0 Å². The zero-order chi connectivity index (χ0) is 24.0. The molecule has 1 atom stereocenters. The average molecular weight is 511 g/mol. The molecule has 8 nitrogen and oxygen atoms in total. The van der Waals surface area contributed by atoms with Crippen molar-refractivity contribution in [1.29, 1.82) is 0 Å². The second kappa shape index (κ2) is 8.57. The molecule has 0 aliphatic carbocycles. The molecule has 4 aromatic heterocycles. The number of amides is 1. The normalized spacial score (nSPS) is 16.3. The van der Waals surface area contributed by atoms with Gasteiger partial charge in [0.25, 0.3) is 5.91 Å². The van der Waals surface area contributed by atoms with Crippen LogP contribution in [0.4, 0.5) is 18.9 Å². The van der Waals surface area contributed by atoms with Crippen LogP contribution in [0.25, 0.3) is 11.2 Å². The summed E-state index contributed by atoms with van der Waals surface area (Å²) in [6.07, 6.45) is 0.0906. The third kappa shape index (κ3) is 3.99. The molecule has 5 heterocycles. The summed E-state index contributed by atoms with van der Waals surface area (Å²) in [5, 5.41) is 10.7. The summed E-state index contributed by atoms with van der Waals surface area (Å²) in [6.45, 7) is 0.602. The van der Waals surface area contributed by atoms with Gasteiger partial charge in [0.15, 0.2) is 5.69 Å². The van der Waals surface area contributed by atoms with Crippen molar-refractivity contribution in [3.63, 3.8) is 0 Å². The molecule has 0 spiro atoms. The maximum Gasteiger partial charge on any atom is 0.434 e. The molecule has 0 bridgehead atoms. The number of rotatable bonds is 4. The summed E-state index contributed by atoms with van der Waals surface area (Å²) in [6, 6.07) is 5.68. The first-order valence-corrected chi connectivity index (χ1v) is 10.9. The largest absolute Gasteiger partial charge is 0.434 e. The number of anilines is 1. The van der Waals surface area contributed by atoms with Crippen molar-refractivity contribution in [3.8, 4) is 5.69 Å². The van der Waals surface area contributed by atoms with E-state index in [9.17, 15) is 18.0 Å². The van der Waals surface area contributed by atoms with Gasteiger partial charge in [0, 0.05) is 6.61 Å². The first-order valence-electron chi connectivity index (χ1n) is 10.1. The predicted octanol–water partition coefficient (Wildman–Crippen LogP) is 5.34. The minimum Gasteiger partial charge on any atom is -0.372 e. The number of fused-ring (bicyclic) bond motifs is 1. The molecule has 1 unspecified atom stereocenters. The molecule has 13 heteroatoms. The number of alkyl halides is 3. The number of halogens is 5. The van der Waals surface area contributed by atoms with Gasteiger partial charge in [0.2, 0.25) is 0 Å². The van der Waals surface area contributed by atoms with Crippen LogP contribution in [0.15, 0.2) is 42.9 Å². The van der Waals surface area contributed by atoms with Gasteiger partial charge in [-0.25, -0.2) is 9.20 Å². The van der Waals surface area contributed by atoms with Crippen LogP contribution in [0, 0.1) is 0 Å². The topological polar surface area (TPSA) is 86.3 Å². The molecule has 0 saturated carbocycles. The molecule has 0 aromatic carbocycles. The Hall–Kier alpha value is -3.15. The van der Waals surface area contributed by atoms with Crippen molar-refractivity contribution in [3.05, 3.63) is 70.0 Å². The third-order valence-electron chi connectivity index (χ3n) is 5.36. The second-order valence-corrected chi connectivity index (χ2v) is 8.33. The van der Waals surface area contributed by atoms with E-state index in [0.717, 1.165) is 19.0 Å². The fraction of sp³-hybridized carbons (Fsp3) is 0.238. The fourth-order valence-corrected chi connectivity index (χ4v) is 4.35. The van der Waals surface area contributed by atoms with Crippen molar-refractivity contribution in [2.75, 3.05) is 11.9 Å². The molecule has 1 saturated heterocycles. The van der Waals surface area contributed by atoms with E-state index in [-0.39, 0.29) is 33.2 Å². The van der Waals surface area contributed by atoms with Crippen LogP contribution < -0.4 is 5.32 Å². The summed E-state index contributed by atoms with van der Waals surface area (Å²) in [4.78, 5) is 17.1. The van der Waals surface area contributed by atoms with Crippen LogP contribution in [0.5, 0.6) is 0 Å². The average Bonchev–Trinajstić information content (AvgIpc) is 3.54. The Kier molecular flexibility index (Phi) is 5.70. The molecule has 1 aliphatic rings. The number of nitrogens with zero attached hydrogens (tertiary/aromatic N) is 5. The fourth-order valence-electron chi connectivity index (χ4n) is 3.87. The van der Waals surface area contributed by atoms with E-state index in [2.05, 4.69) is 20.5 Å². The molecule has 34 heavy (non-hydrogen) atoms. The highest BCUT2D eigenvalue weighted by molar-refractivity contribution is 6.31. The highest BCUT2D eigenvalue weighted by atomic mass is 35.5. The standard InChI is InChI=1S/C21H15Cl2F3N6O2/c22-13-8-11(9-27-18(13)16-2-1-7-34-16)30-20(33)12-10-29-32(19(12)21(24,25)26)14-3-4-17(23)31-15(14)5-6-28-31/h3-6,8-10,16H,1-2,7H2,(H,30,33). The van der Waals surface area contributed by atoms with Crippen LogP contribution in [0.2, 0.25) is 10.2 Å². The summed E-state index contributed by atoms with van der Waals surface area (Å²) < 4.78 is 49.7. The lowest BCUT2D eigenvalue weighted by molar-refractivity contribution is -0.143. The maximum atomic E-state index is 14.1. The molecule has 1 aliphatic heterocycles. The number of carbonyl (C=O) groups excluding carboxylic acids is 1. The minimum absolute atomic E-state index is 0.0545. The van der Waals surface area contributed by atoms with E-state index in [1.54, 1.807) is 0 Å². The van der Waals surface area contributed by atoms with E-state index in [0.29, 0.717) is 17.0 Å². The van der Waals surface area contributed by atoms with Gasteiger partial charge < -0.3 is 10.1 Å². The quantitative estimate of drug-likeness (QED) is 0.374. The number of carbonyl (C=O) groups is 1. The van der Waals surface area contributed by atoms with Crippen LogP contribution in [-0.2, 0) is 10.9 Å². The Balaban J connectivity index is 1.50. The molecule has 1 fully saturated rings. The van der Waals surface area contributed by atoms with Crippen LogP contribution >= 0.6 is 23.2 Å². The van der Waals surface area contributed by atoms with Gasteiger partial charge in [0.05, 0.1) is 51.8 Å². The number of hydrogen-bond acceptors (Lipinski definition) is 5. The van der Waals surface area contributed by atoms with E-state index in [1.807, 2.05) is 0 Å². The Morgan fingerprint density at radius 3 is 2.71 bits per heavy atom. The Labute approximate surface area is 200 Å². The molecule has 4 aromatic rings. The van der Waals surface area contributed by atoms with Crippen LogP contribution in [0.1, 0.15) is 40.7 Å². The highest BCUT2D eigenvalue weighted by Crippen LogP contribution is 2.36. The molecule has 0 radical (unpaired) electrons. The summed E-state index contributed by atoms with van der Waals surface area (Å²) in [5.41, 5.74) is -0.909. The van der Waals surface area contributed by atoms with Gasteiger partial charge in [-0.1, -0.05) is 23.2 Å². The molecule has 176 valence electrons. The van der Waals surface area contributed by atoms with E-state index in [4.69, 9.17) is 27.9 Å². The summed E-state index contributed by atoms with van der Waals surface area (Å²) in [7, 11) is 0. The van der Waals surface area contributed by atoms with E-state index in [1.165, 1.54) is 41.2 Å². The van der Waals surface area contributed by atoms with Gasteiger partial charge in [-0.05, 0) is 37.1 Å². The Morgan fingerprint density at radius 2 is 2.00 bits per heavy atom. The Bertz CT molecular complexity index is 1400. The van der Waals surface area contributed by atoms with Gasteiger partial charge in [0.1, 0.15) is 11.3 Å². The van der Waals surface area contributed by atoms with Gasteiger partial charge >= 0.3 is 6.18 Å². The number of ether oxygens (including phenoxy) is 1. The SMILES string of the molecule is O=C(Nc1cnc(C2CCCO2)c(Cl)c1)c1cnn(-c2ccc(Cl)n3nccc23)c1C(F)(F)F. The lowest BCUT2D eigenvalue weighted by Gasteiger charge is -2.14. The number of aromatic nitrogens is 5. The maximum absolute atomic E-state index is 14.1. The van der Waals surface area contributed by atoms with Crippen LogP contribution in [-0.4, -0.2) is 36.9 Å². The molecule has 1 N–H and O–H groups in total. The number of hydrogen-bond donors (Lipinski definition) is 1. The summed E-state index contributed by atoms with van der Waals surface area (Å²) in [5.74, 6) is -1.01. The molecular weight excluding hydrogens is 496 g/mol. The van der Waals surface area contributed by atoms with Gasteiger partial charge in [-0.2, -0.15) is 23.4 Å². The van der Waals surface area contributed by atoms with Crippen molar-refractivity contribution < 1.29 is 22.7 Å². The van der Waals surface area contributed by atoms with Crippen molar-refractivity contribution >= 4 is 40.3 Å². The van der Waals surface area contributed by atoms with Crippen molar-refractivity contribution in [2.45, 2.75) is 25.1 Å². The van der Waals surface area contributed by atoms with Crippen LogP contribution in [0.3, 0.4) is 0 Å². The lowest BCUT2D eigenvalue weighted by Crippen LogP contribution is -2.21. The Morgan fingerprint density at radius 1 is 1.18 bits per heavy atom. The third-order valence-corrected chi connectivity index (χ3v) is 5.95. The number of nitrogens with one attached hydrogen (secondary N) is 1. The smallest absolute Gasteiger partial charge is 0.372 e.